The molecule has 0 aliphatic heterocycles. The van der Waals surface area contributed by atoms with Gasteiger partial charge in [-0.05, 0) is 51.1 Å². The van der Waals surface area contributed by atoms with Crippen LogP contribution in [0.1, 0.15) is 22.6 Å². The molecule has 39 heavy (non-hydrogen) atoms. The molecule has 198 valence electrons. The SMILES string of the molecule is COc1ccc(-c2ccc(CC(NC(=O)OCC3c4ccccc4-c4ccccc43)C(=O)O)cc2)cc1OC. The van der Waals surface area contributed by atoms with Crippen LogP contribution in [0.2, 0.25) is 0 Å². The van der Waals surface area contributed by atoms with Gasteiger partial charge in [0.25, 0.3) is 0 Å². The molecule has 0 heterocycles. The van der Waals surface area contributed by atoms with Crippen LogP contribution in [0, 0.1) is 0 Å². The third-order valence-corrected chi connectivity index (χ3v) is 7.04. The molecular weight excluding hydrogens is 494 g/mol. The number of carboxylic acids is 1. The van der Waals surface area contributed by atoms with Crippen LogP contribution in [0.25, 0.3) is 22.3 Å². The molecule has 0 saturated carbocycles. The van der Waals surface area contributed by atoms with E-state index >= 15 is 0 Å². The van der Waals surface area contributed by atoms with Crippen molar-refractivity contribution in [1.29, 1.82) is 0 Å². The van der Waals surface area contributed by atoms with E-state index in [1.54, 1.807) is 14.2 Å². The number of carbonyl (C=O) groups is 2. The van der Waals surface area contributed by atoms with E-state index < -0.39 is 18.1 Å². The van der Waals surface area contributed by atoms with Crippen molar-refractivity contribution in [1.82, 2.24) is 5.32 Å². The fourth-order valence-electron chi connectivity index (χ4n) is 5.07. The minimum absolute atomic E-state index is 0.101. The number of rotatable bonds is 9. The monoisotopic (exact) mass is 523 g/mol. The summed E-state index contributed by atoms with van der Waals surface area (Å²) in [5.74, 6) is 0.0295. The Morgan fingerprint density at radius 1 is 0.795 bits per heavy atom. The number of hydrogen-bond donors (Lipinski definition) is 2. The second-order valence-electron chi connectivity index (χ2n) is 9.33. The number of alkyl carbamates (subject to hydrolysis) is 1. The maximum absolute atomic E-state index is 12.7. The van der Waals surface area contributed by atoms with Gasteiger partial charge in [-0.1, -0.05) is 78.9 Å². The second-order valence-corrected chi connectivity index (χ2v) is 9.33. The van der Waals surface area contributed by atoms with Gasteiger partial charge in [0.15, 0.2) is 11.5 Å². The summed E-state index contributed by atoms with van der Waals surface area (Å²) in [6, 6.07) is 28.1. The number of benzene rings is 4. The number of fused-ring (bicyclic) bond motifs is 3. The number of ether oxygens (including phenoxy) is 3. The first-order valence-corrected chi connectivity index (χ1v) is 12.6. The highest BCUT2D eigenvalue weighted by Crippen LogP contribution is 2.44. The summed E-state index contributed by atoms with van der Waals surface area (Å²) >= 11 is 0. The standard InChI is InChI=1S/C32H29NO6/c1-37-29-16-15-22(18-30(29)38-2)21-13-11-20(12-14-21)17-28(31(34)35)33-32(36)39-19-27-25-9-5-3-7-23(25)24-8-4-6-10-26(24)27/h3-16,18,27-28H,17,19H2,1-2H3,(H,33,36)(H,34,35). The number of carboxylic acid groups (broad SMARTS) is 1. The fraction of sp³-hybridized carbons (Fsp3) is 0.188. The molecule has 5 rings (SSSR count). The predicted molar refractivity (Wildman–Crippen MR) is 148 cm³/mol. The highest BCUT2D eigenvalue weighted by molar-refractivity contribution is 5.81. The van der Waals surface area contributed by atoms with Crippen LogP contribution in [0.4, 0.5) is 4.79 Å². The number of carbonyl (C=O) groups excluding carboxylic acids is 1. The summed E-state index contributed by atoms with van der Waals surface area (Å²) in [6.45, 7) is 0.117. The van der Waals surface area contributed by atoms with Gasteiger partial charge in [-0.25, -0.2) is 9.59 Å². The molecule has 0 fully saturated rings. The Morgan fingerprint density at radius 3 is 1.97 bits per heavy atom. The molecular formula is C32H29NO6. The molecule has 4 aromatic carbocycles. The van der Waals surface area contributed by atoms with Gasteiger partial charge in [0, 0.05) is 12.3 Å². The second kappa shape index (κ2) is 11.3. The van der Waals surface area contributed by atoms with E-state index in [9.17, 15) is 14.7 Å². The van der Waals surface area contributed by atoms with Crippen LogP contribution in [0.3, 0.4) is 0 Å². The maximum atomic E-state index is 12.7. The first-order valence-electron chi connectivity index (χ1n) is 12.6. The first kappa shape index (κ1) is 25.9. The number of amides is 1. The molecule has 1 aliphatic rings. The van der Waals surface area contributed by atoms with Crippen molar-refractivity contribution in [3.8, 4) is 33.8 Å². The van der Waals surface area contributed by atoms with Crippen LogP contribution in [0.5, 0.6) is 11.5 Å². The molecule has 0 saturated heterocycles. The van der Waals surface area contributed by atoms with Crippen molar-refractivity contribution in [3.63, 3.8) is 0 Å². The number of methoxy groups -OCH3 is 2. The fourth-order valence-corrected chi connectivity index (χ4v) is 5.07. The smallest absolute Gasteiger partial charge is 0.407 e. The van der Waals surface area contributed by atoms with Crippen molar-refractivity contribution >= 4 is 12.1 Å². The van der Waals surface area contributed by atoms with Gasteiger partial charge in [0.05, 0.1) is 14.2 Å². The van der Waals surface area contributed by atoms with Gasteiger partial charge >= 0.3 is 12.1 Å². The minimum Gasteiger partial charge on any atom is -0.493 e. The summed E-state index contributed by atoms with van der Waals surface area (Å²) in [5, 5.41) is 12.3. The molecule has 0 aromatic heterocycles. The summed E-state index contributed by atoms with van der Waals surface area (Å²) in [4.78, 5) is 24.6. The molecule has 1 atom stereocenters. The highest BCUT2D eigenvalue weighted by atomic mass is 16.5. The van der Waals surface area contributed by atoms with E-state index in [1.807, 2.05) is 78.9 Å². The van der Waals surface area contributed by atoms with E-state index in [4.69, 9.17) is 14.2 Å². The average Bonchev–Trinajstić information content (AvgIpc) is 3.29. The summed E-state index contributed by atoms with van der Waals surface area (Å²) in [7, 11) is 3.17. The average molecular weight is 524 g/mol. The molecule has 4 aromatic rings. The minimum atomic E-state index is -1.13. The zero-order valence-corrected chi connectivity index (χ0v) is 21.7. The third kappa shape index (κ3) is 5.43. The van der Waals surface area contributed by atoms with Gasteiger partial charge in [0.1, 0.15) is 12.6 Å². The van der Waals surface area contributed by atoms with Crippen LogP contribution >= 0.6 is 0 Å². The van der Waals surface area contributed by atoms with Crippen LogP contribution in [-0.4, -0.2) is 44.0 Å². The quantitative estimate of drug-likeness (QED) is 0.284. The van der Waals surface area contributed by atoms with E-state index in [1.165, 1.54) is 0 Å². The Kier molecular flexibility index (Phi) is 7.50. The van der Waals surface area contributed by atoms with Gasteiger partial charge in [-0.3, -0.25) is 0 Å². The van der Waals surface area contributed by atoms with E-state index in [0.29, 0.717) is 11.5 Å². The van der Waals surface area contributed by atoms with Crippen molar-refractivity contribution < 1.29 is 28.9 Å². The summed E-state index contributed by atoms with van der Waals surface area (Å²) < 4.78 is 16.2. The van der Waals surface area contributed by atoms with Crippen LogP contribution in [0.15, 0.2) is 91.0 Å². The Bertz CT molecular complexity index is 1450. The van der Waals surface area contributed by atoms with E-state index in [-0.39, 0.29) is 18.9 Å². The molecule has 0 spiro atoms. The normalized spacial score (nSPS) is 12.7. The predicted octanol–water partition coefficient (Wildman–Crippen LogP) is 5.91. The zero-order chi connectivity index (χ0) is 27.4. The molecule has 1 amide bonds. The molecule has 0 radical (unpaired) electrons. The lowest BCUT2D eigenvalue weighted by atomic mass is 9.98. The lowest BCUT2D eigenvalue weighted by Crippen LogP contribution is -2.42. The lowest BCUT2D eigenvalue weighted by molar-refractivity contribution is -0.139. The Hall–Kier alpha value is -4.78. The largest absolute Gasteiger partial charge is 0.493 e. The van der Waals surface area contributed by atoms with Gasteiger partial charge in [-0.15, -0.1) is 0 Å². The van der Waals surface area contributed by atoms with E-state index in [0.717, 1.165) is 38.9 Å². The Labute approximate surface area is 227 Å². The number of aliphatic carboxylic acids is 1. The molecule has 1 unspecified atom stereocenters. The van der Waals surface area contributed by atoms with Gasteiger partial charge in [-0.2, -0.15) is 0 Å². The van der Waals surface area contributed by atoms with Crippen molar-refractivity contribution in [2.45, 2.75) is 18.4 Å². The summed E-state index contributed by atoms with van der Waals surface area (Å²) in [6.07, 6.45) is -0.641. The van der Waals surface area contributed by atoms with Crippen LogP contribution in [-0.2, 0) is 16.0 Å². The maximum Gasteiger partial charge on any atom is 0.407 e. The third-order valence-electron chi connectivity index (χ3n) is 7.04. The number of hydrogen-bond acceptors (Lipinski definition) is 5. The molecule has 7 heteroatoms. The van der Waals surface area contributed by atoms with Crippen molar-refractivity contribution in [3.05, 3.63) is 108 Å². The Balaban J connectivity index is 1.23. The van der Waals surface area contributed by atoms with E-state index in [2.05, 4.69) is 17.4 Å². The molecule has 2 N–H and O–H groups in total. The number of nitrogens with one attached hydrogen (secondary N) is 1. The highest BCUT2D eigenvalue weighted by Gasteiger charge is 2.29. The zero-order valence-electron chi connectivity index (χ0n) is 21.7. The lowest BCUT2D eigenvalue weighted by Gasteiger charge is -2.18. The van der Waals surface area contributed by atoms with Crippen molar-refractivity contribution in [2.24, 2.45) is 0 Å². The topological polar surface area (TPSA) is 94.1 Å². The van der Waals surface area contributed by atoms with Crippen molar-refractivity contribution in [2.75, 3.05) is 20.8 Å². The summed E-state index contributed by atoms with van der Waals surface area (Å²) in [5.41, 5.74) is 7.09. The molecule has 1 aliphatic carbocycles. The molecule has 0 bridgehead atoms. The van der Waals surface area contributed by atoms with Gasteiger partial charge in [0.2, 0.25) is 0 Å². The molecule has 7 nitrogen and oxygen atoms in total. The van der Waals surface area contributed by atoms with Gasteiger partial charge < -0.3 is 24.6 Å². The Morgan fingerprint density at radius 2 is 1.38 bits per heavy atom. The van der Waals surface area contributed by atoms with Crippen LogP contribution < -0.4 is 14.8 Å². The first-order chi connectivity index (χ1) is 19.0.